The van der Waals surface area contributed by atoms with Crippen LogP contribution in [0.3, 0.4) is 0 Å². The van der Waals surface area contributed by atoms with Gasteiger partial charge in [0.15, 0.2) is 0 Å². The fourth-order valence-electron chi connectivity index (χ4n) is 1.64. The molecule has 1 aromatic carbocycles. The molecule has 0 bridgehead atoms. The predicted octanol–water partition coefficient (Wildman–Crippen LogP) is 4.47. The average molecular weight is 301 g/mol. The molecule has 1 aromatic heterocycles. The first-order chi connectivity index (χ1) is 8.38. The van der Waals surface area contributed by atoms with Crippen molar-refractivity contribution in [3.05, 3.63) is 42.0 Å². The van der Waals surface area contributed by atoms with Gasteiger partial charge in [-0.05, 0) is 29.2 Å². The number of halogens is 1. The zero-order chi connectivity index (χ0) is 13.3. The highest BCUT2D eigenvalue weighted by atomic mass is 35.7. The maximum Gasteiger partial charge on any atom is 0.270 e. The second kappa shape index (κ2) is 5.03. The van der Waals surface area contributed by atoms with Crippen LogP contribution in [0.25, 0.3) is 10.4 Å². The molecule has 0 amide bonds. The Morgan fingerprint density at radius 3 is 2.11 bits per heavy atom. The summed E-state index contributed by atoms with van der Waals surface area (Å²) in [6, 6.07) is 11.5. The van der Waals surface area contributed by atoms with E-state index < -0.39 is 9.05 Å². The SMILES string of the molecule is CC(C)c1ccc(-c2ccc(S(=O)(=O)Cl)s2)cc1. The Kier molecular flexibility index (Phi) is 3.80. The lowest BCUT2D eigenvalue weighted by atomic mass is 10.0. The van der Waals surface area contributed by atoms with Gasteiger partial charge in [-0.2, -0.15) is 0 Å². The topological polar surface area (TPSA) is 34.1 Å². The minimum atomic E-state index is -3.62. The van der Waals surface area contributed by atoms with Gasteiger partial charge in [0.05, 0.1) is 0 Å². The average Bonchev–Trinajstić information content (AvgIpc) is 2.78. The number of benzene rings is 1. The molecule has 0 aliphatic carbocycles. The van der Waals surface area contributed by atoms with Crippen LogP contribution in [0.15, 0.2) is 40.6 Å². The third-order valence-electron chi connectivity index (χ3n) is 2.68. The van der Waals surface area contributed by atoms with Gasteiger partial charge >= 0.3 is 0 Å². The van der Waals surface area contributed by atoms with Crippen LogP contribution < -0.4 is 0 Å². The van der Waals surface area contributed by atoms with Crippen LogP contribution in [0, 0.1) is 0 Å². The molecule has 0 radical (unpaired) electrons. The third-order valence-corrected chi connectivity index (χ3v) is 5.91. The van der Waals surface area contributed by atoms with Crippen molar-refractivity contribution in [1.29, 1.82) is 0 Å². The second-order valence-electron chi connectivity index (χ2n) is 4.33. The molecule has 0 aliphatic rings. The number of hydrogen-bond acceptors (Lipinski definition) is 3. The first-order valence-corrected chi connectivity index (χ1v) is 8.65. The third kappa shape index (κ3) is 2.94. The molecule has 0 saturated carbocycles. The summed E-state index contributed by atoms with van der Waals surface area (Å²) in [6.07, 6.45) is 0. The lowest BCUT2D eigenvalue weighted by Crippen LogP contribution is -1.85. The summed E-state index contributed by atoms with van der Waals surface area (Å²) in [5, 5.41) is 0. The number of hydrogen-bond donors (Lipinski definition) is 0. The Morgan fingerprint density at radius 2 is 1.67 bits per heavy atom. The highest BCUT2D eigenvalue weighted by Crippen LogP contribution is 2.32. The molecule has 1 heterocycles. The van der Waals surface area contributed by atoms with Crippen LogP contribution in [-0.2, 0) is 9.05 Å². The van der Waals surface area contributed by atoms with Gasteiger partial charge in [0.2, 0.25) is 0 Å². The van der Waals surface area contributed by atoms with Crippen molar-refractivity contribution < 1.29 is 8.42 Å². The van der Waals surface area contributed by atoms with Crippen molar-refractivity contribution in [2.45, 2.75) is 24.0 Å². The monoisotopic (exact) mass is 300 g/mol. The van der Waals surface area contributed by atoms with Gasteiger partial charge in [0, 0.05) is 15.6 Å². The zero-order valence-electron chi connectivity index (χ0n) is 10.1. The summed E-state index contributed by atoms with van der Waals surface area (Å²) in [6.45, 7) is 4.27. The molecule has 2 aromatic rings. The number of thiophene rings is 1. The Balaban J connectivity index is 2.35. The molecule has 2 nitrogen and oxygen atoms in total. The largest absolute Gasteiger partial charge is 0.270 e. The van der Waals surface area contributed by atoms with E-state index in [4.69, 9.17) is 10.7 Å². The maximum atomic E-state index is 11.2. The van der Waals surface area contributed by atoms with Gasteiger partial charge in [-0.15, -0.1) is 11.3 Å². The van der Waals surface area contributed by atoms with Crippen LogP contribution in [0.4, 0.5) is 0 Å². The predicted molar refractivity (Wildman–Crippen MR) is 76.9 cm³/mol. The molecule has 0 saturated heterocycles. The van der Waals surface area contributed by atoms with Crippen LogP contribution >= 0.6 is 22.0 Å². The van der Waals surface area contributed by atoms with Crippen LogP contribution in [0.2, 0.25) is 0 Å². The van der Waals surface area contributed by atoms with Crippen molar-refractivity contribution >= 4 is 31.1 Å². The Labute approximate surface area is 116 Å². The smallest absolute Gasteiger partial charge is 0.206 e. The fraction of sp³-hybridized carbons (Fsp3) is 0.231. The molecule has 0 atom stereocenters. The fourth-order valence-corrected chi connectivity index (χ4v) is 3.72. The summed E-state index contributed by atoms with van der Waals surface area (Å²) in [5.41, 5.74) is 2.27. The molecule has 0 aliphatic heterocycles. The first kappa shape index (κ1) is 13.6. The molecular weight excluding hydrogens is 288 g/mol. The van der Waals surface area contributed by atoms with Crippen LogP contribution in [-0.4, -0.2) is 8.42 Å². The van der Waals surface area contributed by atoms with E-state index in [0.29, 0.717) is 5.92 Å². The molecule has 2 rings (SSSR count). The maximum absolute atomic E-state index is 11.2. The normalized spacial score (nSPS) is 12.0. The lowest BCUT2D eigenvalue weighted by Gasteiger charge is -2.05. The van der Waals surface area contributed by atoms with Gasteiger partial charge in [-0.3, -0.25) is 0 Å². The van der Waals surface area contributed by atoms with E-state index in [1.54, 1.807) is 12.1 Å². The Morgan fingerprint density at radius 1 is 1.06 bits per heavy atom. The van der Waals surface area contributed by atoms with Crippen molar-refractivity contribution in [2.24, 2.45) is 0 Å². The summed E-state index contributed by atoms with van der Waals surface area (Å²) in [7, 11) is 1.69. The molecule has 0 unspecified atom stereocenters. The van der Waals surface area contributed by atoms with Gasteiger partial charge in [0.1, 0.15) is 4.21 Å². The zero-order valence-corrected chi connectivity index (χ0v) is 12.4. The first-order valence-electron chi connectivity index (χ1n) is 5.53. The van der Waals surface area contributed by atoms with Gasteiger partial charge < -0.3 is 0 Å². The van der Waals surface area contributed by atoms with Gasteiger partial charge in [-0.1, -0.05) is 38.1 Å². The van der Waals surface area contributed by atoms with E-state index in [2.05, 4.69) is 26.0 Å². The molecule has 0 spiro atoms. The minimum Gasteiger partial charge on any atom is -0.206 e. The molecule has 18 heavy (non-hydrogen) atoms. The molecule has 5 heteroatoms. The Hall–Kier alpha value is -0.840. The Bertz CT molecular complexity index is 640. The van der Waals surface area contributed by atoms with Crippen molar-refractivity contribution in [2.75, 3.05) is 0 Å². The minimum absolute atomic E-state index is 0.187. The summed E-state index contributed by atoms with van der Waals surface area (Å²) >= 11 is 1.19. The van der Waals surface area contributed by atoms with Crippen LogP contribution in [0.1, 0.15) is 25.3 Å². The lowest BCUT2D eigenvalue weighted by molar-refractivity contribution is 0.611. The molecular formula is C13H13ClO2S2. The van der Waals surface area contributed by atoms with E-state index in [9.17, 15) is 8.42 Å². The van der Waals surface area contributed by atoms with Gasteiger partial charge in [0.25, 0.3) is 9.05 Å². The molecule has 0 fully saturated rings. The van der Waals surface area contributed by atoms with Crippen molar-refractivity contribution in [3.63, 3.8) is 0 Å². The summed E-state index contributed by atoms with van der Waals surface area (Å²) in [5.74, 6) is 0.487. The van der Waals surface area contributed by atoms with E-state index in [1.165, 1.54) is 16.9 Å². The van der Waals surface area contributed by atoms with Crippen molar-refractivity contribution in [3.8, 4) is 10.4 Å². The second-order valence-corrected chi connectivity index (χ2v) is 8.21. The van der Waals surface area contributed by atoms with Crippen molar-refractivity contribution in [1.82, 2.24) is 0 Å². The number of rotatable bonds is 3. The molecule has 0 N–H and O–H groups in total. The summed E-state index contributed by atoms with van der Waals surface area (Å²) < 4.78 is 22.6. The quantitative estimate of drug-likeness (QED) is 0.784. The van der Waals surface area contributed by atoms with E-state index in [1.807, 2.05) is 12.1 Å². The van der Waals surface area contributed by atoms with E-state index in [0.717, 1.165) is 10.4 Å². The standard InChI is InChI=1S/C13H13ClO2S2/c1-9(2)10-3-5-11(6-4-10)12-7-8-13(17-12)18(14,15)16/h3-9H,1-2H3. The summed E-state index contributed by atoms with van der Waals surface area (Å²) in [4.78, 5) is 0.907. The van der Waals surface area contributed by atoms with E-state index in [-0.39, 0.29) is 4.21 Å². The highest BCUT2D eigenvalue weighted by Gasteiger charge is 2.13. The van der Waals surface area contributed by atoms with E-state index >= 15 is 0 Å². The van der Waals surface area contributed by atoms with Gasteiger partial charge in [-0.25, -0.2) is 8.42 Å². The highest BCUT2D eigenvalue weighted by molar-refractivity contribution is 8.15. The van der Waals surface area contributed by atoms with Crippen LogP contribution in [0.5, 0.6) is 0 Å². The molecule has 96 valence electrons.